The molecule has 2 aliphatic heterocycles. The molecule has 2 aromatic rings. The van der Waals surface area contributed by atoms with Gasteiger partial charge in [0.15, 0.2) is 11.5 Å². The third-order valence-electron chi connectivity index (χ3n) is 9.65. The van der Waals surface area contributed by atoms with Gasteiger partial charge >= 0.3 is 0 Å². The monoisotopic (exact) mass is 460 g/mol. The predicted octanol–water partition coefficient (Wildman–Crippen LogP) is 3.55. The van der Waals surface area contributed by atoms with Crippen molar-refractivity contribution < 1.29 is 14.9 Å². The number of nitrogens with zero attached hydrogens (tertiary/aromatic N) is 1. The highest BCUT2D eigenvalue weighted by atomic mass is 16.5. The van der Waals surface area contributed by atoms with Crippen molar-refractivity contribution in [3.8, 4) is 11.5 Å². The van der Waals surface area contributed by atoms with E-state index in [1.807, 2.05) is 0 Å². The number of likely N-dealkylation sites (tertiary alicyclic amines) is 1. The molecule has 5 nitrogen and oxygen atoms in total. The molecule has 2 saturated carbocycles. The van der Waals surface area contributed by atoms with Gasteiger partial charge in [0.1, 0.15) is 6.10 Å². The highest BCUT2D eigenvalue weighted by Crippen LogP contribution is 2.65. The van der Waals surface area contributed by atoms with Crippen LogP contribution in [-0.2, 0) is 18.3 Å². The van der Waals surface area contributed by atoms with Gasteiger partial charge in [-0.15, -0.1) is 0 Å². The van der Waals surface area contributed by atoms with Crippen LogP contribution in [0.4, 0.5) is 0 Å². The molecule has 0 aromatic heterocycles. The fraction of sp³-hybridized carbons (Fsp3) is 0.586. The van der Waals surface area contributed by atoms with E-state index in [4.69, 9.17) is 4.74 Å². The molecule has 2 aromatic carbocycles. The van der Waals surface area contributed by atoms with Crippen LogP contribution in [0.5, 0.6) is 11.5 Å². The largest absolute Gasteiger partial charge is 0.504 e. The lowest BCUT2D eigenvalue weighted by molar-refractivity contribution is -0.191. The number of nitrogens with one attached hydrogen (secondary N) is 1. The summed E-state index contributed by atoms with van der Waals surface area (Å²) in [4.78, 5) is 2.60. The number of hydrogen-bond acceptors (Lipinski definition) is 5. The molecule has 3 fully saturated rings. The maximum Gasteiger partial charge on any atom is 0.165 e. The standard InChI is InChI=1S/C29H36N2O3/c32-23-11-10-21-17-24-29(33)13-12-22(30-15-4-7-19-5-2-1-3-6-19)27-28(29,25(21)26(23)34-27)14-16-31(24)18-20-8-9-20/h1-3,5-6,10-11,20,22,24,27,30,32-33H,4,7-9,12-18H2/t22-,24-,27+,28+,29-/m1/s1. The Bertz CT molecular complexity index is 1090. The zero-order valence-corrected chi connectivity index (χ0v) is 19.9. The number of piperidine rings is 1. The van der Waals surface area contributed by atoms with E-state index in [9.17, 15) is 10.2 Å². The fourth-order valence-corrected chi connectivity index (χ4v) is 7.92. The van der Waals surface area contributed by atoms with Crippen LogP contribution in [-0.4, -0.2) is 58.5 Å². The van der Waals surface area contributed by atoms with Gasteiger partial charge < -0.3 is 20.3 Å². The molecule has 180 valence electrons. The van der Waals surface area contributed by atoms with Gasteiger partial charge in [-0.1, -0.05) is 36.4 Å². The van der Waals surface area contributed by atoms with Crippen molar-refractivity contribution in [2.24, 2.45) is 5.92 Å². The van der Waals surface area contributed by atoms with Crippen molar-refractivity contribution in [3.05, 3.63) is 59.2 Å². The third kappa shape index (κ3) is 2.96. The molecule has 5 heteroatoms. The summed E-state index contributed by atoms with van der Waals surface area (Å²) in [5, 5.41) is 27.1. The van der Waals surface area contributed by atoms with Crippen molar-refractivity contribution in [2.75, 3.05) is 19.6 Å². The van der Waals surface area contributed by atoms with Crippen molar-refractivity contribution in [1.82, 2.24) is 10.2 Å². The molecular weight excluding hydrogens is 424 g/mol. The maximum atomic E-state index is 12.5. The SMILES string of the molecule is Oc1ccc2c3c1O[C@H]1[C@H](NCCCc4ccccc4)CC[C@@]4(O)[C@@H](C2)N(CC2CC2)CC[C@]314. The smallest absolute Gasteiger partial charge is 0.165 e. The average Bonchev–Trinajstić information content (AvgIpc) is 3.59. The third-order valence-corrected chi connectivity index (χ3v) is 9.65. The van der Waals surface area contributed by atoms with Crippen LogP contribution in [0, 0.1) is 5.92 Å². The minimum absolute atomic E-state index is 0.129. The molecule has 3 N–H and O–H groups in total. The van der Waals surface area contributed by atoms with Crippen molar-refractivity contribution in [1.29, 1.82) is 0 Å². The van der Waals surface area contributed by atoms with E-state index in [2.05, 4.69) is 46.6 Å². The van der Waals surface area contributed by atoms with E-state index >= 15 is 0 Å². The maximum absolute atomic E-state index is 12.5. The Morgan fingerprint density at radius 1 is 1.06 bits per heavy atom. The highest BCUT2D eigenvalue weighted by Gasteiger charge is 2.72. The van der Waals surface area contributed by atoms with E-state index in [0.717, 1.165) is 69.6 Å². The van der Waals surface area contributed by atoms with Crippen LogP contribution in [0.25, 0.3) is 0 Å². The van der Waals surface area contributed by atoms with E-state index < -0.39 is 11.0 Å². The highest BCUT2D eigenvalue weighted by molar-refractivity contribution is 5.62. The first kappa shape index (κ1) is 21.2. The Hall–Kier alpha value is -2.08. The molecule has 5 atom stereocenters. The first-order valence-electron chi connectivity index (χ1n) is 13.4. The molecule has 0 unspecified atom stereocenters. The Kier molecular flexibility index (Phi) is 4.81. The van der Waals surface area contributed by atoms with Crippen LogP contribution in [0.1, 0.15) is 55.2 Å². The second kappa shape index (κ2) is 7.71. The number of phenols is 1. The lowest BCUT2D eigenvalue weighted by atomic mass is 9.48. The minimum atomic E-state index is -0.793. The van der Waals surface area contributed by atoms with Gasteiger partial charge in [0.05, 0.1) is 11.0 Å². The summed E-state index contributed by atoms with van der Waals surface area (Å²) in [6.07, 6.45) is 8.15. The molecular formula is C29H36N2O3. The van der Waals surface area contributed by atoms with Gasteiger partial charge in [0.25, 0.3) is 0 Å². The summed E-state index contributed by atoms with van der Waals surface area (Å²) in [7, 11) is 0. The molecule has 0 amide bonds. The second-order valence-corrected chi connectivity index (χ2v) is 11.5. The number of aryl methyl sites for hydroxylation is 1. The molecule has 2 heterocycles. The average molecular weight is 461 g/mol. The summed E-state index contributed by atoms with van der Waals surface area (Å²) in [6.45, 7) is 3.06. The Morgan fingerprint density at radius 2 is 1.91 bits per heavy atom. The van der Waals surface area contributed by atoms with Crippen molar-refractivity contribution in [3.63, 3.8) is 0 Å². The van der Waals surface area contributed by atoms with Crippen LogP contribution in [0.3, 0.4) is 0 Å². The number of phenolic OH excluding ortho intramolecular Hbond substituents is 1. The summed E-state index contributed by atoms with van der Waals surface area (Å²) in [5.74, 6) is 1.69. The van der Waals surface area contributed by atoms with E-state index in [-0.39, 0.29) is 23.9 Å². The quantitative estimate of drug-likeness (QED) is 0.552. The van der Waals surface area contributed by atoms with E-state index in [0.29, 0.717) is 5.75 Å². The number of aliphatic hydroxyl groups is 1. The topological polar surface area (TPSA) is 65.0 Å². The molecule has 0 radical (unpaired) electrons. The van der Waals surface area contributed by atoms with Crippen LogP contribution in [0.2, 0.25) is 0 Å². The molecule has 1 spiro atoms. The number of aromatic hydroxyl groups is 1. The van der Waals surface area contributed by atoms with Gasteiger partial charge in [0, 0.05) is 24.2 Å². The Morgan fingerprint density at radius 3 is 2.74 bits per heavy atom. The lowest BCUT2D eigenvalue weighted by Gasteiger charge is -2.64. The van der Waals surface area contributed by atoms with Gasteiger partial charge in [-0.3, -0.25) is 4.90 Å². The summed E-state index contributed by atoms with van der Waals surface area (Å²) >= 11 is 0. The molecule has 1 saturated heterocycles. The summed E-state index contributed by atoms with van der Waals surface area (Å²) in [5.41, 5.74) is 2.56. The van der Waals surface area contributed by atoms with Gasteiger partial charge in [0.2, 0.25) is 0 Å². The molecule has 5 aliphatic rings. The van der Waals surface area contributed by atoms with Gasteiger partial charge in [-0.2, -0.15) is 0 Å². The number of rotatable bonds is 7. The first-order chi connectivity index (χ1) is 16.6. The summed E-state index contributed by atoms with van der Waals surface area (Å²) in [6, 6.07) is 14.9. The molecule has 7 rings (SSSR count). The van der Waals surface area contributed by atoms with Crippen molar-refractivity contribution >= 4 is 0 Å². The zero-order chi connectivity index (χ0) is 22.9. The van der Waals surface area contributed by atoms with E-state index in [1.54, 1.807) is 6.07 Å². The number of benzene rings is 2. The Labute approximate surface area is 202 Å². The van der Waals surface area contributed by atoms with Gasteiger partial charge in [-0.05, 0) is 87.6 Å². The van der Waals surface area contributed by atoms with Crippen LogP contribution >= 0.6 is 0 Å². The van der Waals surface area contributed by atoms with E-state index in [1.165, 1.54) is 24.0 Å². The lowest BCUT2D eigenvalue weighted by Crippen LogP contribution is -2.78. The normalized spacial score (nSPS) is 35.6. The van der Waals surface area contributed by atoms with Crippen LogP contribution in [0.15, 0.2) is 42.5 Å². The number of hydrogen-bond donors (Lipinski definition) is 3. The molecule has 34 heavy (non-hydrogen) atoms. The molecule has 2 bridgehead atoms. The predicted molar refractivity (Wildman–Crippen MR) is 131 cm³/mol. The zero-order valence-electron chi connectivity index (χ0n) is 19.9. The summed E-state index contributed by atoms with van der Waals surface area (Å²) < 4.78 is 6.64. The van der Waals surface area contributed by atoms with Crippen LogP contribution < -0.4 is 10.1 Å². The second-order valence-electron chi connectivity index (χ2n) is 11.5. The fourth-order valence-electron chi connectivity index (χ4n) is 7.92. The minimum Gasteiger partial charge on any atom is -0.504 e. The molecule has 3 aliphatic carbocycles. The van der Waals surface area contributed by atoms with Crippen molar-refractivity contribution in [2.45, 2.75) is 80.6 Å². The Balaban J connectivity index is 1.18. The number of ether oxygens (including phenoxy) is 1. The first-order valence-corrected chi connectivity index (χ1v) is 13.4. The van der Waals surface area contributed by atoms with Gasteiger partial charge in [-0.25, -0.2) is 0 Å².